The number of hydrogen-bond acceptors (Lipinski definition) is 4. The van der Waals surface area contributed by atoms with Crippen molar-refractivity contribution in [3.63, 3.8) is 0 Å². The average molecular weight is 417 g/mol. The van der Waals surface area contributed by atoms with Gasteiger partial charge in [-0.2, -0.15) is 13.9 Å². The van der Waals surface area contributed by atoms with Gasteiger partial charge in [0.05, 0.1) is 6.04 Å². The summed E-state index contributed by atoms with van der Waals surface area (Å²) in [5.74, 6) is -1.31. The zero-order chi connectivity index (χ0) is 21.8. The highest BCUT2D eigenvalue weighted by Gasteiger charge is 2.19. The first-order valence-corrected chi connectivity index (χ1v) is 8.98. The van der Waals surface area contributed by atoms with E-state index in [2.05, 4.69) is 15.2 Å². The van der Waals surface area contributed by atoms with E-state index in [9.17, 15) is 22.8 Å². The normalized spacial score (nSPS) is 11.9. The third-order valence-electron chi connectivity index (χ3n) is 4.36. The number of benzene rings is 2. The molecule has 30 heavy (non-hydrogen) atoms. The number of nitrogens with zero attached hydrogens (tertiary/aromatic N) is 2. The fraction of sp³-hybridized carbons (Fsp3) is 0.190. The minimum atomic E-state index is -2.93. The molecule has 0 aliphatic rings. The van der Waals surface area contributed by atoms with Crippen molar-refractivity contribution in [1.82, 2.24) is 15.1 Å². The number of alkyl halides is 2. The quantitative estimate of drug-likeness (QED) is 0.663. The van der Waals surface area contributed by atoms with Crippen molar-refractivity contribution in [1.29, 1.82) is 0 Å². The van der Waals surface area contributed by atoms with Crippen molar-refractivity contribution in [2.24, 2.45) is 0 Å². The molecule has 0 unspecified atom stereocenters. The molecule has 0 spiro atoms. The van der Waals surface area contributed by atoms with Crippen molar-refractivity contribution < 1.29 is 22.7 Å². The monoisotopic (exact) mass is 417 g/mol. The topological polar surface area (TPSA) is 73.2 Å². The molecule has 0 aliphatic heterocycles. The van der Waals surface area contributed by atoms with Gasteiger partial charge in [0.15, 0.2) is 5.69 Å². The Bertz CT molecular complexity index is 1110. The number of ether oxygens (including phenoxy) is 1. The van der Waals surface area contributed by atoms with Crippen LogP contribution in [0.3, 0.4) is 0 Å². The van der Waals surface area contributed by atoms with Crippen LogP contribution in [0.4, 0.5) is 13.2 Å². The third kappa shape index (κ3) is 4.68. The number of halogens is 3. The molecule has 0 radical (unpaired) electrons. The fourth-order valence-corrected chi connectivity index (χ4v) is 2.86. The van der Waals surface area contributed by atoms with E-state index in [1.165, 1.54) is 53.2 Å². The van der Waals surface area contributed by atoms with Crippen LogP contribution in [0.1, 0.15) is 34.7 Å². The maximum Gasteiger partial charge on any atom is 0.387 e. The number of nitrogens with one attached hydrogen (secondary N) is 1. The van der Waals surface area contributed by atoms with Crippen LogP contribution in [0.25, 0.3) is 5.69 Å². The van der Waals surface area contributed by atoms with E-state index in [0.717, 1.165) is 0 Å². The molecule has 6 nitrogen and oxygen atoms in total. The highest BCUT2D eigenvalue weighted by molar-refractivity contribution is 5.92. The number of aromatic nitrogens is 2. The van der Waals surface area contributed by atoms with Crippen LogP contribution in [-0.4, -0.2) is 22.3 Å². The molecule has 1 aromatic heterocycles. The van der Waals surface area contributed by atoms with Gasteiger partial charge in [-0.25, -0.2) is 9.07 Å². The molecule has 1 heterocycles. The summed E-state index contributed by atoms with van der Waals surface area (Å²) in [6.45, 7) is 0.302. The molecule has 3 rings (SSSR count). The summed E-state index contributed by atoms with van der Waals surface area (Å²) >= 11 is 0. The smallest absolute Gasteiger partial charge is 0.387 e. The van der Waals surface area contributed by atoms with E-state index >= 15 is 0 Å². The first-order valence-electron chi connectivity index (χ1n) is 8.98. The van der Waals surface area contributed by atoms with Gasteiger partial charge in [-0.3, -0.25) is 9.59 Å². The number of carbonyl (C=O) groups is 1. The summed E-state index contributed by atoms with van der Waals surface area (Å²) in [6.07, 6.45) is 0. The van der Waals surface area contributed by atoms with Crippen LogP contribution in [0.15, 0.2) is 59.4 Å². The van der Waals surface area contributed by atoms with E-state index in [4.69, 9.17) is 0 Å². The summed E-state index contributed by atoms with van der Waals surface area (Å²) in [7, 11) is 0. The lowest BCUT2D eigenvalue weighted by Crippen LogP contribution is -2.33. The lowest BCUT2D eigenvalue weighted by Gasteiger charge is -2.16. The van der Waals surface area contributed by atoms with Crippen LogP contribution in [0.5, 0.6) is 5.75 Å². The zero-order valence-electron chi connectivity index (χ0n) is 16.1. The van der Waals surface area contributed by atoms with E-state index < -0.39 is 35.5 Å². The summed E-state index contributed by atoms with van der Waals surface area (Å²) < 4.78 is 44.1. The summed E-state index contributed by atoms with van der Waals surface area (Å²) in [4.78, 5) is 24.9. The molecule has 1 N–H and O–H groups in total. The number of aryl methyl sites for hydroxylation is 1. The van der Waals surface area contributed by atoms with Gasteiger partial charge in [-0.05, 0) is 43.7 Å². The van der Waals surface area contributed by atoms with Crippen molar-refractivity contribution in [2.75, 3.05) is 0 Å². The standard InChI is InChI=1S/C21H18F3N3O3/c1-12-11-18(28)19(26-27(12)17-6-4-3-5-16(17)22)20(29)25-13(2)14-7-9-15(10-8-14)30-21(23)24/h3-11,13,21H,1-2H3,(H,25,29)/t13-/m1/s1. The summed E-state index contributed by atoms with van der Waals surface area (Å²) in [5, 5.41) is 6.67. The highest BCUT2D eigenvalue weighted by Crippen LogP contribution is 2.19. The minimum absolute atomic E-state index is 0.0137. The van der Waals surface area contributed by atoms with Gasteiger partial charge in [-0.1, -0.05) is 24.3 Å². The van der Waals surface area contributed by atoms with E-state index in [0.29, 0.717) is 11.3 Å². The van der Waals surface area contributed by atoms with Gasteiger partial charge in [0, 0.05) is 11.8 Å². The molecular formula is C21H18F3N3O3. The molecule has 0 saturated carbocycles. The van der Waals surface area contributed by atoms with Gasteiger partial charge in [0.2, 0.25) is 5.43 Å². The lowest BCUT2D eigenvalue weighted by atomic mass is 10.1. The van der Waals surface area contributed by atoms with E-state index in [-0.39, 0.29) is 11.4 Å². The van der Waals surface area contributed by atoms with Gasteiger partial charge < -0.3 is 10.1 Å². The Balaban J connectivity index is 1.84. The molecule has 156 valence electrons. The minimum Gasteiger partial charge on any atom is -0.435 e. The number of para-hydroxylation sites is 1. The second kappa shape index (κ2) is 8.81. The fourth-order valence-electron chi connectivity index (χ4n) is 2.86. The Labute approximate surface area is 169 Å². The van der Waals surface area contributed by atoms with E-state index in [1.807, 2.05) is 0 Å². The summed E-state index contributed by atoms with van der Waals surface area (Å²) in [5.41, 5.74) is 0.0707. The molecule has 0 saturated heterocycles. The maximum atomic E-state index is 14.1. The van der Waals surface area contributed by atoms with Crippen LogP contribution >= 0.6 is 0 Å². The van der Waals surface area contributed by atoms with Crippen LogP contribution < -0.4 is 15.5 Å². The SMILES string of the molecule is Cc1cc(=O)c(C(=O)N[C@H](C)c2ccc(OC(F)F)cc2)nn1-c1ccccc1F. The molecule has 3 aromatic rings. The van der Waals surface area contributed by atoms with Crippen LogP contribution in [0, 0.1) is 12.7 Å². The highest BCUT2D eigenvalue weighted by atomic mass is 19.3. The maximum absolute atomic E-state index is 14.1. The Kier molecular flexibility index (Phi) is 6.20. The Hall–Kier alpha value is -3.62. The number of hydrogen-bond donors (Lipinski definition) is 1. The number of rotatable bonds is 6. The largest absolute Gasteiger partial charge is 0.435 e. The van der Waals surface area contributed by atoms with Crippen molar-refractivity contribution >= 4 is 5.91 Å². The van der Waals surface area contributed by atoms with Crippen molar-refractivity contribution in [2.45, 2.75) is 26.5 Å². The van der Waals surface area contributed by atoms with Gasteiger partial charge in [0.25, 0.3) is 5.91 Å². The average Bonchev–Trinajstić information content (AvgIpc) is 2.69. The Morgan fingerprint density at radius 2 is 1.80 bits per heavy atom. The molecular weight excluding hydrogens is 399 g/mol. The predicted octanol–water partition coefficient (Wildman–Crippen LogP) is 3.77. The van der Waals surface area contributed by atoms with Crippen molar-refractivity contribution in [3.8, 4) is 11.4 Å². The second-order valence-corrected chi connectivity index (χ2v) is 6.50. The molecule has 2 aromatic carbocycles. The van der Waals surface area contributed by atoms with Crippen LogP contribution in [0.2, 0.25) is 0 Å². The molecule has 1 amide bonds. The number of carbonyl (C=O) groups excluding carboxylic acids is 1. The molecule has 0 bridgehead atoms. The first-order chi connectivity index (χ1) is 14.3. The molecule has 9 heteroatoms. The lowest BCUT2D eigenvalue weighted by molar-refractivity contribution is -0.0498. The molecule has 1 atom stereocenters. The predicted molar refractivity (Wildman–Crippen MR) is 103 cm³/mol. The van der Waals surface area contributed by atoms with Crippen molar-refractivity contribution in [3.05, 3.63) is 87.6 Å². The van der Waals surface area contributed by atoms with Gasteiger partial charge in [0.1, 0.15) is 17.3 Å². The Morgan fingerprint density at radius 3 is 2.43 bits per heavy atom. The molecule has 0 aliphatic carbocycles. The number of amides is 1. The van der Waals surface area contributed by atoms with Gasteiger partial charge in [-0.15, -0.1) is 0 Å². The Morgan fingerprint density at radius 1 is 1.13 bits per heavy atom. The third-order valence-corrected chi connectivity index (χ3v) is 4.36. The second-order valence-electron chi connectivity index (χ2n) is 6.50. The van der Waals surface area contributed by atoms with Crippen LogP contribution in [-0.2, 0) is 0 Å². The van der Waals surface area contributed by atoms with Gasteiger partial charge >= 0.3 is 6.61 Å². The zero-order valence-corrected chi connectivity index (χ0v) is 16.1. The summed E-state index contributed by atoms with van der Waals surface area (Å²) in [6, 6.07) is 12.2. The first kappa shape index (κ1) is 21.1. The van der Waals surface area contributed by atoms with E-state index in [1.54, 1.807) is 19.9 Å². The molecule has 0 fully saturated rings.